The number of esters is 1. The highest BCUT2D eigenvalue weighted by molar-refractivity contribution is 7.07. The number of nitro groups is 1. The van der Waals surface area contributed by atoms with Crippen molar-refractivity contribution in [2.75, 3.05) is 38.8 Å². The molecule has 0 unspecified atom stereocenters. The lowest BCUT2D eigenvalue weighted by Crippen LogP contribution is -2.40. The number of aromatic nitrogens is 1. The number of ether oxygens (including phenoxy) is 3. The van der Waals surface area contributed by atoms with Crippen LogP contribution in [0.1, 0.15) is 63.6 Å². The van der Waals surface area contributed by atoms with Crippen LogP contribution >= 0.6 is 11.3 Å². The highest BCUT2D eigenvalue weighted by Gasteiger charge is 2.36. The van der Waals surface area contributed by atoms with E-state index in [1.165, 1.54) is 35.1 Å². The predicted molar refractivity (Wildman–Crippen MR) is 173 cm³/mol. The Labute approximate surface area is 265 Å². The Morgan fingerprint density at radius 3 is 2.53 bits per heavy atom. The molecule has 0 saturated carbocycles. The second-order valence-electron chi connectivity index (χ2n) is 11.2. The number of carbonyl (C=O) groups excluding carboxylic acids is 1. The minimum absolute atomic E-state index is 0.0584. The van der Waals surface area contributed by atoms with Crippen molar-refractivity contribution in [3.05, 3.63) is 88.6 Å². The molecule has 1 atom stereocenters. The third kappa shape index (κ3) is 6.37. The fraction of sp³-hybridized carbons (Fsp3) is 0.424. The minimum atomic E-state index is -0.901. The summed E-state index contributed by atoms with van der Waals surface area (Å²) in [5.74, 6) is 1.04. The molecule has 5 rings (SSSR count). The van der Waals surface area contributed by atoms with Gasteiger partial charge in [0.15, 0.2) is 4.80 Å². The summed E-state index contributed by atoms with van der Waals surface area (Å²) < 4.78 is 18.6. The van der Waals surface area contributed by atoms with Gasteiger partial charge < -0.3 is 19.1 Å². The summed E-state index contributed by atoms with van der Waals surface area (Å²) in [6.07, 6.45) is 4.93. The summed E-state index contributed by atoms with van der Waals surface area (Å²) in [7, 11) is 3.07. The smallest absolute Gasteiger partial charge is 0.338 e. The molecule has 0 aliphatic carbocycles. The van der Waals surface area contributed by atoms with Crippen molar-refractivity contribution in [1.82, 2.24) is 4.57 Å². The lowest BCUT2D eigenvalue weighted by molar-refractivity contribution is -0.384. The maximum Gasteiger partial charge on any atom is 0.338 e. The van der Waals surface area contributed by atoms with E-state index >= 15 is 0 Å². The molecule has 238 valence electrons. The van der Waals surface area contributed by atoms with Gasteiger partial charge in [0.25, 0.3) is 11.2 Å². The first-order valence-corrected chi connectivity index (χ1v) is 16.0. The average Bonchev–Trinajstić information content (AvgIpc) is 3.34. The number of carbonyl (C=O) groups is 1. The highest BCUT2D eigenvalue weighted by atomic mass is 32.1. The molecule has 0 amide bonds. The van der Waals surface area contributed by atoms with Gasteiger partial charge in [0.2, 0.25) is 0 Å². The minimum Gasteiger partial charge on any atom is -0.497 e. The molecule has 3 heterocycles. The number of nitrogens with zero attached hydrogens (tertiary/aromatic N) is 4. The lowest BCUT2D eigenvalue weighted by atomic mass is 9.93. The zero-order chi connectivity index (χ0) is 32.2. The number of non-ortho nitro benzene ring substituents is 1. The van der Waals surface area contributed by atoms with E-state index in [9.17, 15) is 19.7 Å². The van der Waals surface area contributed by atoms with Crippen LogP contribution in [0.4, 0.5) is 11.4 Å². The van der Waals surface area contributed by atoms with E-state index in [2.05, 4.69) is 11.8 Å². The van der Waals surface area contributed by atoms with E-state index < -0.39 is 16.9 Å². The van der Waals surface area contributed by atoms with Crippen molar-refractivity contribution in [1.29, 1.82) is 0 Å². The van der Waals surface area contributed by atoms with Crippen molar-refractivity contribution >= 4 is 34.8 Å². The van der Waals surface area contributed by atoms with Gasteiger partial charge in [0.1, 0.15) is 17.5 Å². The molecular formula is C33H38N4O7S. The number of anilines is 1. The standard InChI is InChI=1S/C33H38N4O7S/c1-6-8-25-29(32(39)44-7-2)30(24-19-23(42-4)10-12-27(24)43-5)36-31(38)28(45-33(36)34-25)18-21-17-22(37(40)41)9-11-26(21)35-15-13-20(3)14-16-35/h9-12,17-20,30H,6-8,13-16H2,1-5H3/b28-18-/t30-/m0/s1. The molecule has 3 aromatic rings. The van der Waals surface area contributed by atoms with Crippen LogP contribution in [0.3, 0.4) is 0 Å². The summed E-state index contributed by atoms with van der Waals surface area (Å²) in [5.41, 5.74) is 2.34. The fourth-order valence-corrected chi connectivity index (χ4v) is 6.93. The van der Waals surface area contributed by atoms with Crippen LogP contribution in [-0.4, -0.2) is 49.4 Å². The quantitative estimate of drug-likeness (QED) is 0.178. The van der Waals surface area contributed by atoms with Crippen LogP contribution in [-0.2, 0) is 9.53 Å². The van der Waals surface area contributed by atoms with E-state index in [1.54, 1.807) is 44.4 Å². The number of nitro benzene ring substituents is 1. The molecule has 12 heteroatoms. The lowest BCUT2D eigenvalue weighted by Gasteiger charge is -2.33. The molecule has 0 N–H and O–H groups in total. The third-order valence-corrected chi connectivity index (χ3v) is 9.24. The fourth-order valence-electron chi connectivity index (χ4n) is 5.92. The topological polar surface area (TPSA) is 126 Å². The monoisotopic (exact) mass is 634 g/mol. The molecule has 0 spiro atoms. The number of hydrogen-bond donors (Lipinski definition) is 0. The Morgan fingerprint density at radius 2 is 1.89 bits per heavy atom. The number of thiazole rings is 1. The molecule has 2 aliphatic rings. The number of allylic oxidation sites excluding steroid dienone is 1. The molecule has 0 bridgehead atoms. The number of hydrogen-bond acceptors (Lipinski definition) is 10. The SMILES string of the molecule is CCCC1=C(C(=O)OCC)[C@H](c2cc(OC)ccc2OC)n2c(s/c(=C\c3cc([N+](=O)[O-])ccc3N3CCC(C)CC3)c2=O)=N1. The largest absolute Gasteiger partial charge is 0.497 e. The van der Waals surface area contributed by atoms with E-state index in [0.717, 1.165) is 31.6 Å². The van der Waals surface area contributed by atoms with Gasteiger partial charge in [-0.25, -0.2) is 9.79 Å². The average molecular weight is 635 g/mol. The van der Waals surface area contributed by atoms with Gasteiger partial charge in [0.05, 0.1) is 41.6 Å². The van der Waals surface area contributed by atoms with Crippen molar-refractivity contribution in [3.63, 3.8) is 0 Å². The van der Waals surface area contributed by atoms with E-state index in [4.69, 9.17) is 19.2 Å². The zero-order valence-corrected chi connectivity index (χ0v) is 27.0. The first-order valence-electron chi connectivity index (χ1n) is 15.2. The Bertz CT molecular complexity index is 1820. The third-order valence-electron chi connectivity index (χ3n) is 8.26. The zero-order valence-electron chi connectivity index (χ0n) is 26.2. The van der Waals surface area contributed by atoms with Crippen LogP contribution in [0.5, 0.6) is 11.5 Å². The molecule has 11 nitrogen and oxygen atoms in total. The Morgan fingerprint density at radius 1 is 1.13 bits per heavy atom. The van der Waals surface area contributed by atoms with Gasteiger partial charge >= 0.3 is 5.97 Å². The molecular weight excluding hydrogens is 596 g/mol. The summed E-state index contributed by atoms with van der Waals surface area (Å²) >= 11 is 1.19. The van der Waals surface area contributed by atoms with Crippen molar-refractivity contribution in [2.24, 2.45) is 10.9 Å². The van der Waals surface area contributed by atoms with Gasteiger partial charge in [-0.05, 0) is 62.4 Å². The van der Waals surface area contributed by atoms with Crippen molar-refractivity contribution in [3.8, 4) is 11.5 Å². The molecule has 2 aromatic carbocycles. The maximum atomic E-state index is 14.4. The Balaban J connectivity index is 1.78. The first kappa shape index (κ1) is 32.0. The van der Waals surface area contributed by atoms with Crippen molar-refractivity contribution in [2.45, 2.75) is 52.5 Å². The van der Waals surface area contributed by atoms with Crippen molar-refractivity contribution < 1.29 is 23.9 Å². The van der Waals surface area contributed by atoms with E-state index in [1.807, 2.05) is 6.92 Å². The number of piperidine rings is 1. The summed E-state index contributed by atoms with van der Waals surface area (Å²) in [4.78, 5) is 46.8. The molecule has 45 heavy (non-hydrogen) atoms. The van der Waals surface area contributed by atoms with Crippen LogP contribution in [0, 0.1) is 16.0 Å². The second-order valence-corrected chi connectivity index (χ2v) is 12.2. The van der Waals surface area contributed by atoms with Gasteiger partial charge in [0, 0.05) is 42.0 Å². The van der Waals surface area contributed by atoms with Gasteiger partial charge in [-0.3, -0.25) is 19.5 Å². The molecule has 1 aromatic heterocycles. The van der Waals surface area contributed by atoms with Gasteiger partial charge in [-0.1, -0.05) is 31.6 Å². The first-order chi connectivity index (χ1) is 21.7. The van der Waals surface area contributed by atoms with Crippen LogP contribution < -0.4 is 29.3 Å². The van der Waals surface area contributed by atoms with E-state index in [-0.39, 0.29) is 23.4 Å². The number of methoxy groups -OCH3 is 2. The number of fused-ring (bicyclic) bond motifs is 1. The molecule has 1 saturated heterocycles. The van der Waals surface area contributed by atoms with Gasteiger partial charge in [-0.2, -0.15) is 0 Å². The number of rotatable bonds is 10. The summed E-state index contributed by atoms with van der Waals surface area (Å²) in [6.45, 7) is 7.74. The molecule has 2 aliphatic heterocycles. The van der Waals surface area contributed by atoms with Crippen LogP contribution in [0.2, 0.25) is 0 Å². The normalized spacial score (nSPS) is 17.1. The summed E-state index contributed by atoms with van der Waals surface area (Å²) in [6, 6.07) is 9.12. The Kier molecular flexibility index (Phi) is 9.71. The predicted octanol–water partition coefficient (Wildman–Crippen LogP) is 4.74. The maximum absolute atomic E-state index is 14.4. The number of benzene rings is 2. The van der Waals surface area contributed by atoms with Crippen LogP contribution in [0.25, 0.3) is 6.08 Å². The van der Waals surface area contributed by atoms with E-state index in [0.29, 0.717) is 56.4 Å². The Hall–Kier alpha value is -4.45. The second kappa shape index (κ2) is 13.7. The van der Waals surface area contributed by atoms with Gasteiger partial charge in [-0.15, -0.1) is 0 Å². The highest BCUT2D eigenvalue weighted by Crippen LogP contribution is 2.39. The summed E-state index contributed by atoms with van der Waals surface area (Å²) in [5, 5.41) is 11.8. The molecule has 1 fully saturated rings. The molecule has 0 radical (unpaired) electrons. The van der Waals surface area contributed by atoms with Crippen LogP contribution in [0.15, 0.2) is 57.5 Å².